The van der Waals surface area contributed by atoms with Gasteiger partial charge in [0.2, 0.25) is 5.91 Å². The second-order valence-corrected chi connectivity index (χ2v) is 5.93. The Kier molecular flexibility index (Phi) is 3.96. The molecule has 1 aliphatic heterocycles. The van der Waals surface area contributed by atoms with Gasteiger partial charge in [0.05, 0.1) is 10.7 Å². The Morgan fingerprint density at radius 1 is 1.33 bits per heavy atom. The second-order valence-electron chi connectivity index (χ2n) is 4.98. The van der Waals surface area contributed by atoms with E-state index in [1.165, 1.54) is 11.3 Å². The fraction of sp³-hybridized carbons (Fsp3) is 0.333. The van der Waals surface area contributed by atoms with Crippen LogP contribution in [0.1, 0.15) is 17.8 Å². The van der Waals surface area contributed by atoms with Crippen molar-refractivity contribution in [3.63, 3.8) is 0 Å². The van der Waals surface area contributed by atoms with Crippen molar-refractivity contribution in [3.8, 4) is 11.3 Å². The SMILES string of the molecule is O=C1CCCN1CCc1nc(-c2cc(F)ccc2F)cs1. The Balaban J connectivity index is 1.71. The molecule has 2 aromatic rings. The van der Waals surface area contributed by atoms with Crippen LogP contribution in [0.5, 0.6) is 0 Å². The van der Waals surface area contributed by atoms with E-state index in [1.54, 1.807) is 5.38 Å². The molecule has 2 heterocycles. The van der Waals surface area contributed by atoms with Crippen molar-refractivity contribution in [2.75, 3.05) is 13.1 Å². The average Bonchev–Trinajstić information content (AvgIpc) is 3.08. The third-order valence-corrected chi connectivity index (χ3v) is 4.43. The molecule has 0 spiro atoms. The predicted octanol–water partition coefficient (Wildman–Crippen LogP) is 3.25. The van der Waals surface area contributed by atoms with Crippen molar-refractivity contribution in [2.24, 2.45) is 0 Å². The summed E-state index contributed by atoms with van der Waals surface area (Å²) in [7, 11) is 0. The number of amides is 1. The van der Waals surface area contributed by atoms with E-state index in [1.807, 2.05) is 4.90 Å². The van der Waals surface area contributed by atoms with Crippen molar-refractivity contribution in [3.05, 3.63) is 40.2 Å². The number of likely N-dealkylation sites (tertiary alicyclic amines) is 1. The molecule has 0 aliphatic carbocycles. The van der Waals surface area contributed by atoms with Crippen LogP contribution in [-0.4, -0.2) is 28.9 Å². The Morgan fingerprint density at radius 2 is 2.19 bits per heavy atom. The van der Waals surface area contributed by atoms with Crippen LogP contribution in [0.2, 0.25) is 0 Å². The molecule has 0 bridgehead atoms. The summed E-state index contributed by atoms with van der Waals surface area (Å²) < 4.78 is 26.9. The minimum Gasteiger partial charge on any atom is -0.342 e. The monoisotopic (exact) mass is 308 g/mol. The van der Waals surface area contributed by atoms with Crippen LogP contribution < -0.4 is 0 Å². The van der Waals surface area contributed by atoms with Gasteiger partial charge in [-0.3, -0.25) is 4.79 Å². The molecule has 1 aromatic heterocycles. The number of thiazole rings is 1. The van der Waals surface area contributed by atoms with E-state index in [-0.39, 0.29) is 11.5 Å². The summed E-state index contributed by atoms with van der Waals surface area (Å²) in [6, 6.07) is 3.34. The van der Waals surface area contributed by atoms with Gasteiger partial charge in [-0.05, 0) is 24.6 Å². The van der Waals surface area contributed by atoms with E-state index in [0.29, 0.717) is 25.1 Å². The summed E-state index contributed by atoms with van der Waals surface area (Å²) in [5.74, 6) is -0.783. The molecule has 110 valence electrons. The lowest BCUT2D eigenvalue weighted by Gasteiger charge is -2.13. The molecule has 1 saturated heterocycles. The topological polar surface area (TPSA) is 33.2 Å². The fourth-order valence-electron chi connectivity index (χ4n) is 2.41. The molecule has 3 nitrogen and oxygen atoms in total. The Bertz CT molecular complexity index is 671. The average molecular weight is 308 g/mol. The number of carbonyl (C=O) groups is 1. The van der Waals surface area contributed by atoms with Crippen molar-refractivity contribution in [1.82, 2.24) is 9.88 Å². The normalized spacial score (nSPS) is 15.0. The predicted molar refractivity (Wildman–Crippen MR) is 77.0 cm³/mol. The number of hydrogen-bond donors (Lipinski definition) is 0. The maximum atomic E-state index is 13.7. The smallest absolute Gasteiger partial charge is 0.222 e. The first-order chi connectivity index (χ1) is 10.1. The van der Waals surface area contributed by atoms with Crippen molar-refractivity contribution < 1.29 is 13.6 Å². The maximum absolute atomic E-state index is 13.7. The lowest BCUT2D eigenvalue weighted by molar-refractivity contribution is -0.127. The molecular formula is C15H14F2N2OS. The molecule has 0 unspecified atom stereocenters. The van der Waals surface area contributed by atoms with E-state index in [2.05, 4.69) is 4.98 Å². The molecule has 0 saturated carbocycles. The summed E-state index contributed by atoms with van der Waals surface area (Å²) in [4.78, 5) is 17.7. The fourth-order valence-corrected chi connectivity index (χ4v) is 3.20. The van der Waals surface area contributed by atoms with E-state index in [4.69, 9.17) is 0 Å². The van der Waals surface area contributed by atoms with Gasteiger partial charge in [-0.25, -0.2) is 13.8 Å². The number of halogens is 2. The number of aromatic nitrogens is 1. The molecule has 1 amide bonds. The second kappa shape index (κ2) is 5.89. The number of rotatable bonds is 4. The standard InChI is InChI=1S/C15H14F2N2OS/c16-10-3-4-12(17)11(8-10)13-9-21-14(18-13)5-7-19-6-1-2-15(19)20/h3-4,8-9H,1-2,5-7H2. The van der Waals surface area contributed by atoms with Gasteiger partial charge in [-0.15, -0.1) is 11.3 Å². The van der Waals surface area contributed by atoms with Crippen molar-refractivity contribution >= 4 is 17.2 Å². The van der Waals surface area contributed by atoms with Crippen LogP contribution >= 0.6 is 11.3 Å². The highest BCUT2D eigenvalue weighted by Crippen LogP contribution is 2.26. The highest BCUT2D eigenvalue weighted by atomic mass is 32.1. The highest BCUT2D eigenvalue weighted by Gasteiger charge is 2.20. The van der Waals surface area contributed by atoms with E-state index in [9.17, 15) is 13.6 Å². The van der Waals surface area contributed by atoms with Crippen LogP contribution in [-0.2, 0) is 11.2 Å². The highest BCUT2D eigenvalue weighted by molar-refractivity contribution is 7.09. The zero-order valence-electron chi connectivity index (χ0n) is 11.3. The quantitative estimate of drug-likeness (QED) is 0.868. The van der Waals surface area contributed by atoms with Gasteiger partial charge < -0.3 is 4.90 Å². The molecule has 3 rings (SSSR count). The molecule has 1 fully saturated rings. The van der Waals surface area contributed by atoms with E-state index >= 15 is 0 Å². The van der Waals surface area contributed by atoms with Crippen LogP contribution in [0.25, 0.3) is 11.3 Å². The molecule has 1 aliphatic rings. The van der Waals surface area contributed by atoms with Gasteiger partial charge in [0, 0.05) is 36.9 Å². The summed E-state index contributed by atoms with van der Waals surface area (Å²) in [6.45, 7) is 1.44. The first-order valence-electron chi connectivity index (χ1n) is 6.81. The molecular weight excluding hydrogens is 294 g/mol. The van der Waals surface area contributed by atoms with Gasteiger partial charge in [0.25, 0.3) is 0 Å². The summed E-state index contributed by atoms with van der Waals surface area (Å²) in [5, 5.41) is 2.55. The Hall–Kier alpha value is -1.82. The van der Waals surface area contributed by atoms with E-state index in [0.717, 1.165) is 36.2 Å². The summed E-state index contributed by atoms with van der Waals surface area (Å²) >= 11 is 1.41. The van der Waals surface area contributed by atoms with Crippen LogP contribution in [0.3, 0.4) is 0 Å². The third-order valence-electron chi connectivity index (χ3n) is 3.52. The minimum atomic E-state index is -0.483. The van der Waals surface area contributed by atoms with Gasteiger partial charge >= 0.3 is 0 Å². The molecule has 0 radical (unpaired) electrons. The Morgan fingerprint density at radius 3 is 2.95 bits per heavy atom. The zero-order chi connectivity index (χ0) is 14.8. The molecule has 1 aromatic carbocycles. The van der Waals surface area contributed by atoms with E-state index < -0.39 is 11.6 Å². The number of nitrogens with zero attached hydrogens (tertiary/aromatic N) is 2. The molecule has 0 atom stereocenters. The zero-order valence-corrected chi connectivity index (χ0v) is 12.1. The van der Waals surface area contributed by atoms with Gasteiger partial charge in [-0.2, -0.15) is 0 Å². The van der Waals surface area contributed by atoms with Gasteiger partial charge in [0.1, 0.15) is 11.6 Å². The van der Waals surface area contributed by atoms with Crippen LogP contribution in [0.15, 0.2) is 23.6 Å². The molecule has 6 heteroatoms. The van der Waals surface area contributed by atoms with Crippen LogP contribution in [0.4, 0.5) is 8.78 Å². The summed E-state index contributed by atoms with van der Waals surface area (Å²) in [5.41, 5.74) is 0.620. The van der Waals surface area contributed by atoms with Crippen LogP contribution in [0, 0.1) is 11.6 Å². The lowest BCUT2D eigenvalue weighted by atomic mass is 10.1. The lowest BCUT2D eigenvalue weighted by Crippen LogP contribution is -2.26. The first kappa shape index (κ1) is 14.1. The minimum absolute atomic E-state index is 0.176. The third kappa shape index (κ3) is 3.10. The summed E-state index contributed by atoms with van der Waals surface area (Å²) in [6.07, 6.45) is 2.18. The maximum Gasteiger partial charge on any atom is 0.222 e. The van der Waals surface area contributed by atoms with Crippen molar-refractivity contribution in [1.29, 1.82) is 0 Å². The molecule has 21 heavy (non-hydrogen) atoms. The first-order valence-corrected chi connectivity index (χ1v) is 7.69. The number of hydrogen-bond acceptors (Lipinski definition) is 3. The van der Waals surface area contributed by atoms with Gasteiger partial charge in [-0.1, -0.05) is 0 Å². The largest absolute Gasteiger partial charge is 0.342 e. The number of benzene rings is 1. The number of carbonyl (C=O) groups excluding carboxylic acids is 1. The Labute approximate surface area is 125 Å². The molecule has 0 N–H and O–H groups in total. The van der Waals surface area contributed by atoms with Gasteiger partial charge in [0.15, 0.2) is 0 Å². The van der Waals surface area contributed by atoms with Crippen molar-refractivity contribution in [2.45, 2.75) is 19.3 Å².